The van der Waals surface area contributed by atoms with Crippen molar-refractivity contribution in [3.8, 4) is 0 Å². The molecular weight excluding hydrogens is 867 g/mol. The summed E-state index contributed by atoms with van der Waals surface area (Å²) >= 11 is 0.203. The summed E-state index contributed by atoms with van der Waals surface area (Å²) in [5.74, 6) is -3.25. The number of benzene rings is 2. The molecule has 2 aromatic rings. The number of rotatable bonds is 8. The van der Waals surface area contributed by atoms with Gasteiger partial charge in [0.1, 0.15) is 23.3 Å². The zero-order valence-electron chi connectivity index (χ0n) is 35.7. The van der Waals surface area contributed by atoms with Crippen molar-refractivity contribution in [3.63, 3.8) is 0 Å². The molecule has 2 aliphatic rings. The highest BCUT2D eigenvalue weighted by Gasteiger charge is 2.41. The second kappa shape index (κ2) is 19.8. The summed E-state index contributed by atoms with van der Waals surface area (Å²) in [5.41, 5.74) is -4.54. The van der Waals surface area contributed by atoms with Crippen LogP contribution >= 0.6 is 11.8 Å². The lowest BCUT2D eigenvalue weighted by atomic mass is 10.1. The molecule has 21 heteroatoms. The molecule has 63 heavy (non-hydrogen) atoms. The largest absolute Gasteiger partial charge is 0.467 e. The number of hydrogen-bond donors (Lipinski definition) is 0. The van der Waals surface area contributed by atoms with Gasteiger partial charge in [-0.1, -0.05) is 23.9 Å². The number of esters is 2. The van der Waals surface area contributed by atoms with E-state index in [2.05, 4.69) is 0 Å². The minimum atomic E-state index is -5.05. The van der Waals surface area contributed by atoms with Crippen LogP contribution in [0.5, 0.6) is 0 Å². The van der Waals surface area contributed by atoms with Gasteiger partial charge in [0, 0.05) is 48.1 Å². The molecule has 0 N–H and O–H groups in total. The molecule has 2 fully saturated rings. The van der Waals surface area contributed by atoms with Crippen LogP contribution in [0, 0.1) is 0 Å². The topological polar surface area (TPSA) is 152 Å². The van der Waals surface area contributed by atoms with Crippen molar-refractivity contribution in [2.45, 2.75) is 87.0 Å². The number of ether oxygens (including phenoxy) is 4. The van der Waals surface area contributed by atoms with Crippen molar-refractivity contribution in [2.24, 2.45) is 0 Å². The molecule has 2 aromatic carbocycles. The van der Waals surface area contributed by atoms with Crippen LogP contribution in [0.1, 0.15) is 63.8 Å². The SMILES string of the molecule is COC(=O)C1CN(C(=O)OC(C)(C)C)CCN1C(=O)/C=C/c1ccc(Sc2ccc(/C=C/C(=O)N3CCN(C(=O)OC(C)(C)C)CC3C(=O)OC)cc2C(F)(F)F)c(C(F)(F)F)c1. The van der Waals surface area contributed by atoms with Gasteiger partial charge in [-0.25, -0.2) is 19.2 Å². The van der Waals surface area contributed by atoms with Crippen LogP contribution in [-0.2, 0) is 50.5 Å². The van der Waals surface area contributed by atoms with Crippen molar-refractivity contribution in [1.82, 2.24) is 19.6 Å². The molecule has 0 spiro atoms. The number of nitrogens with zero attached hydrogens (tertiary/aromatic N) is 4. The first-order valence-electron chi connectivity index (χ1n) is 19.3. The minimum absolute atomic E-state index is 0.0187. The minimum Gasteiger partial charge on any atom is -0.467 e. The van der Waals surface area contributed by atoms with Crippen LogP contribution < -0.4 is 0 Å². The van der Waals surface area contributed by atoms with Gasteiger partial charge < -0.3 is 38.5 Å². The van der Waals surface area contributed by atoms with Gasteiger partial charge >= 0.3 is 36.5 Å². The van der Waals surface area contributed by atoms with Crippen LogP contribution in [0.4, 0.5) is 35.9 Å². The third-order valence-corrected chi connectivity index (χ3v) is 10.4. The fourth-order valence-corrected chi connectivity index (χ4v) is 7.40. The van der Waals surface area contributed by atoms with E-state index in [1.54, 1.807) is 41.5 Å². The van der Waals surface area contributed by atoms with Crippen LogP contribution in [0.15, 0.2) is 58.3 Å². The molecule has 2 heterocycles. The van der Waals surface area contributed by atoms with E-state index in [9.17, 15) is 55.1 Å². The summed E-state index contributed by atoms with van der Waals surface area (Å²) in [6.07, 6.45) is -7.58. The molecule has 2 aliphatic heterocycles. The van der Waals surface area contributed by atoms with E-state index < -0.39 is 92.5 Å². The van der Waals surface area contributed by atoms with Gasteiger partial charge in [-0.15, -0.1) is 0 Å². The predicted octanol–water partition coefficient (Wildman–Crippen LogP) is 7.14. The quantitative estimate of drug-likeness (QED) is 0.115. The molecular formula is C42H48F6N4O10S. The Morgan fingerprint density at radius 3 is 1.24 bits per heavy atom. The first-order chi connectivity index (χ1) is 29.1. The van der Waals surface area contributed by atoms with Crippen LogP contribution in [0.2, 0.25) is 0 Å². The van der Waals surface area contributed by atoms with Crippen molar-refractivity contribution in [1.29, 1.82) is 0 Å². The molecule has 2 saturated heterocycles. The summed E-state index contributed by atoms with van der Waals surface area (Å²) < 4.78 is 107. The number of carbonyl (C=O) groups excluding carboxylic acids is 6. The first kappa shape index (κ1) is 49.9. The number of amides is 4. The van der Waals surface area contributed by atoms with Gasteiger partial charge in [-0.3, -0.25) is 9.59 Å². The van der Waals surface area contributed by atoms with E-state index in [1.165, 1.54) is 21.9 Å². The molecule has 0 aliphatic carbocycles. The lowest BCUT2D eigenvalue weighted by Crippen LogP contribution is -2.59. The highest BCUT2D eigenvalue weighted by Crippen LogP contribution is 2.44. The summed E-state index contributed by atoms with van der Waals surface area (Å²) in [6, 6.07) is 3.08. The van der Waals surface area contributed by atoms with Crippen LogP contribution in [0.3, 0.4) is 0 Å². The zero-order valence-corrected chi connectivity index (χ0v) is 36.5. The van der Waals surface area contributed by atoms with Gasteiger partial charge in [0.05, 0.1) is 38.4 Å². The fraction of sp³-hybridized carbons (Fsp3) is 0.476. The molecule has 4 rings (SSSR count). The maximum Gasteiger partial charge on any atom is 0.417 e. The molecule has 0 bridgehead atoms. The number of halogens is 6. The predicted molar refractivity (Wildman–Crippen MR) is 216 cm³/mol. The van der Waals surface area contributed by atoms with Gasteiger partial charge in [0.2, 0.25) is 11.8 Å². The molecule has 344 valence electrons. The van der Waals surface area contributed by atoms with Gasteiger partial charge in [0.15, 0.2) is 0 Å². The Kier molecular flexibility index (Phi) is 15.7. The van der Waals surface area contributed by atoms with Crippen LogP contribution in [-0.4, -0.2) is 132 Å². The lowest BCUT2D eigenvalue weighted by molar-refractivity contribution is -0.154. The zero-order chi connectivity index (χ0) is 47.2. The van der Waals surface area contributed by atoms with Gasteiger partial charge in [0.25, 0.3) is 0 Å². The molecule has 0 aromatic heterocycles. The third-order valence-electron chi connectivity index (χ3n) is 9.25. The molecule has 2 atom stereocenters. The van der Waals surface area contributed by atoms with E-state index >= 15 is 0 Å². The van der Waals surface area contributed by atoms with Crippen molar-refractivity contribution >= 4 is 59.9 Å². The van der Waals surface area contributed by atoms with Crippen molar-refractivity contribution in [3.05, 3.63) is 70.8 Å². The van der Waals surface area contributed by atoms with E-state index in [0.29, 0.717) is 12.1 Å². The number of piperazine rings is 2. The molecule has 14 nitrogen and oxygen atoms in total. The molecule has 0 radical (unpaired) electrons. The molecule has 2 unspecified atom stereocenters. The second-order valence-corrected chi connectivity index (χ2v) is 17.4. The number of methoxy groups -OCH3 is 2. The Morgan fingerprint density at radius 1 is 0.587 bits per heavy atom. The number of alkyl halides is 6. The second-order valence-electron chi connectivity index (χ2n) is 16.3. The van der Waals surface area contributed by atoms with E-state index in [0.717, 1.165) is 60.5 Å². The van der Waals surface area contributed by atoms with E-state index in [-0.39, 0.29) is 62.2 Å². The maximum absolute atomic E-state index is 14.4. The number of hydrogen-bond acceptors (Lipinski definition) is 11. The molecule has 0 saturated carbocycles. The number of carbonyl (C=O) groups is 6. The Balaban J connectivity index is 1.54. The Bertz CT molecular complexity index is 1980. The van der Waals surface area contributed by atoms with Gasteiger partial charge in [-0.05, 0) is 89.1 Å². The smallest absolute Gasteiger partial charge is 0.417 e. The summed E-state index contributed by atoms with van der Waals surface area (Å²) in [7, 11) is 2.17. The van der Waals surface area contributed by atoms with Crippen LogP contribution in [0.25, 0.3) is 12.2 Å². The van der Waals surface area contributed by atoms with Gasteiger partial charge in [-0.2, -0.15) is 26.3 Å². The lowest BCUT2D eigenvalue weighted by Gasteiger charge is -2.39. The maximum atomic E-state index is 14.4. The average Bonchev–Trinajstić information content (AvgIpc) is 3.19. The summed E-state index contributed by atoms with van der Waals surface area (Å²) in [5, 5.41) is 0. The average molecular weight is 915 g/mol. The van der Waals surface area contributed by atoms with Crippen molar-refractivity contribution < 1.29 is 74.1 Å². The molecule has 4 amide bonds. The Labute approximate surface area is 364 Å². The van der Waals surface area contributed by atoms with E-state index in [1.807, 2.05) is 0 Å². The highest BCUT2D eigenvalue weighted by atomic mass is 32.2. The first-order valence-corrected chi connectivity index (χ1v) is 20.1. The van der Waals surface area contributed by atoms with E-state index in [4.69, 9.17) is 18.9 Å². The standard InChI is InChI=1S/C42H48F6N4O10S/c1-39(2,3)61-37(57)49-17-19-51(29(23-49)35(55)59-7)33(53)15-11-25-9-13-31(27(21-25)41(43,44)45)63-32-14-10-26(22-28(32)42(46,47)48)12-16-34(54)52-20-18-50(24-30(52)36(56)60-8)38(58)62-40(4,5)6/h9-16,21-22,29-30H,17-20,23-24H2,1-8H3/b15-11+,16-12+. The van der Waals surface area contributed by atoms with Crippen molar-refractivity contribution in [2.75, 3.05) is 53.5 Å². The monoisotopic (exact) mass is 914 g/mol. The normalized spacial score (nSPS) is 17.8. The Morgan fingerprint density at radius 2 is 0.937 bits per heavy atom. The fourth-order valence-electron chi connectivity index (χ4n) is 6.32. The summed E-state index contributed by atoms with van der Waals surface area (Å²) in [6.45, 7) is 9.06. The Hall–Kier alpha value is -5.73. The highest BCUT2D eigenvalue weighted by molar-refractivity contribution is 7.99. The summed E-state index contributed by atoms with van der Waals surface area (Å²) in [4.78, 5) is 80.4. The third kappa shape index (κ3) is 13.6.